The summed E-state index contributed by atoms with van der Waals surface area (Å²) in [6.45, 7) is 3.13. The summed E-state index contributed by atoms with van der Waals surface area (Å²) in [6, 6.07) is 5.12. The molecular weight excluding hydrogens is 397 g/mol. The highest BCUT2D eigenvalue weighted by Gasteiger charge is 2.28. The Kier molecular flexibility index (Phi) is 5.84. The van der Waals surface area contributed by atoms with Crippen molar-refractivity contribution in [2.45, 2.75) is 25.9 Å². The molecule has 1 fully saturated rings. The maximum atomic E-state index is 14.8. The average Bonchev–Trinajstić information content (AvgIpc) is 3.36. The minimum atomic E-state index is -0.293. The van der Waals surface area contributed by atoms with Crippen LogP contribution in [0, 0.1) is 5.82 Å². The second-order valence-corrected chi connectivity index (χ2v) is 7.97. The van der Waals surface area contributed by atoms with Gasteiger partial charge in [0.1, 0.15) is 11.9 Å². The maximum absolute atomic E-state index is 14.8. The van der Waals surface area contributed by atoms with Gasteiger partial charge in [0.25, 0.3) is 0 Å². The summed E-state index contributed by atoms with van der Waals surface area (Å²) >= 11 is 1.43. The van der Waals surface area contributed by atoms with Gasteiger partial charge in [-0.15, -0.1) is 0 Å². The third-order valence-electron chi connectivity index (χ3n) is 4.94. The number of oxime groups is 1. The van der Waals surface area contributed by atoms with Crippen LogP contribution >= 0.6 is 11.9 Å². The van der Waals surface area contributed by atoms with Crippen LogP contribution in [0.2, 0.25) is 0 Å². The normalized spacial score (nSPS) is 22.7. The fraction of sp³-hybridized carbons (Fsp3) is 0.421. The van der Waals surface area contributed by atoms with Crippen molar-refractivity contribution in [1.82, 2.24) is 20.3 Å². The van der Waals surface area contributed by atoms with Crippen molar-refractivity contribution in [3.05, 3.63) is 41.2 Å². The number of nitrogens with zero attached hydrogens (tertiary/aromatic N) is 3. The molecule has 1 aromatic rings. The number of carbonyl (C=O) groups is 2. The van der Waals surface area contributed by atoms with Gasteiger partial charge in [0, 0.05) is 37.6 Å². The van der Waals surface area contributed by atoms with Crippen molar-refractivity contribution >= 4 is 35.0 Å². The molecule has 154 valence electrons. The molecule has 29 heavy (non-hydrogen) atoms. The largest absolute Gasteiger partial charge is 0.390 e. The molecule has 3 heterocycles. The molecule has 3 aliphatic rings. The Morgan fingerprint density at radius 1 is 1.48 bits per heavy atom. The van der Waals surface area contributed by atoms with Crippen molar-refractivity contribution < 1.29 is 18.8 Å². The number of benzene rings is 1. The monoisotopic (exact) mass is 419 g/mol. The Balaban J connectivity index is 1.39. The zero-order valence-corrected chi connectivity index (χ0v) is 16.8. The molecule has 1 unspecified atom stereocenters. The molecule has 0 spiro atoms. The summed E-state index contributed by atoms with van der Waals surface area (Å²) in [4.78, 5) is 27.7. The molecule has 10 heteroatoms. The number of amides is 2. The standard InChI is InChI=1S/C19H22FN5O3S/c1-12(26)21-10-15-9-18(23-28-15)14-2-3-16(17(20)8-14)13-4-6-24(7-5-13)25-22-19(27)11-29-25/h2-4,8,15H,5-7,9-11H2,1H3,(H,21,26)(H,22,27). The van der Waals surface area contributed by atoms with E-state index < -0.39 is 0 Å². The van der Waals surface area contributed by atoms with Gasteiger partial charge in [-0.1, -0.05) is 27.9 Å². The van der Waals surface area contributed by atoms with Crippen molar-refractivity contribution in [2.24, 2.45) is 5.16 Å². The van der Waals surface area contributed by atoms with Crippen LogP contribution in [-0.2, 0) is 14.4 Å². The molecule has 0 radical (unpaired) electrons. The highest BCUT2D eigenvalue weighted by Crippen LogP contribution is 2.28. The molecule has 8 nitrogen and oxygen atoms in total. The first kappa shape index (κ1) is 19.9. The second kappa shape index (κ2) is 8.52. The van der Waals surface area contributed by atoms with E-state index in [0.717, 1.165) is 5.57 Å². The van der Waals surface area contributed by atoms with Crippen molar-refractivity contribution in [3.8, 4) is 0 Å². The molecule has 0 saturated carbocycles. The minimum Gasteiger partial charge on any atom is -0.390 e. The van der Waals surface area contributed by atoms with Crippen molar-refractivity contribution in [1.29, 1.82) is 0 Å². The van der Waals surface area contributed by atoms with Gasteiger partial charge >= 0.3 is 0 Å². The van der Waals surface area contributed by atoms with Crippen LogP contribution in [0.15, 0.2) is 29.4 Å². The molecule has 1 aromatic carbocycles. The Bertz CT molecular complexity index is 891. The quantitative estimate of drug-likeness (QED) is 0.703. The van der Waals surface area contributed by atoms with E-state index in [0.29, 0.717) is 55.1 Å². The van der Waals surface area contributed by atoms with E-state index in [1.165, 1.54) is 24.9 Å². The lowest BCUT2D eigenvalue weighted by atomic mass is 9.96. The Morgan fingerprint density at radius 3 is 3.00 bits per heavy atom. The van der Waals surface area contributed by atoms with E-state index >= 15 is 0 Å². The number of hydrogen-bond donors (Lipinski definition) is 2. The van der Waals surface area contributed by atoms with Crippen molar-refractivity contribution in [3.63, 3.8) is 0 Å². The molecular formula is C19H22FN5O3S. The van der Waals surface area contributed by atoms with Crippen molar-refractivity contribution in [2.75, 3.05) is 25.4 Å². The fourth-order valence-electron chi connectivity index (χ4n) is 3.43. The van der Waals surface area contributed by atoms with Crippen LogP contribution in [0.4, 0.5) is 4.39 Å². The topological polar surface area (TPSA) is 86.3 Å². The second-order valence-electron chi connectivity index (χ2n) is 7.07. The third kappa shape index (κ3) is 4.60. The smallest absolute Gasteiger partial charge is 0.247 e. The van der Waals surface area contributed by atoms with Gasteiger partial charge in [-0.3, -0.25) is 15.0 Å². The van der Waals surface area contributed by atoms with Gasteiger partial charge in [-0.25, -0.2) is 9.40 Å². The van der Waals surface area contributed by atoms with Crippen LogP contribution < -0.4 is 10.7 Å². The third-order valence-corrected chi connectivity index (χ3v) is 5.90. The lowest BCUT2D eigenvalue weighted by molar-refractivity contribution is -0.123. The summed E-state index contributed by atoms with van der Waals surface area (Å²) in [7, 11) is 0. The molecule has 2 amide bonds. The summed E-state index contributed by atoms with van der Waals surface area (Å²) in [6.07, 6.45) is 2.97. The summed E-state index contributed by atoms with van der Waals surface area (Å²) in [5.74, 6) is -0.00586. The average molecular weight is 419 g/mol. The highest BCUT2D eigenvalue weighted by molar-refractivity contribution is 7.98. The predicted molar refractivity (Wildman–Crippen MR) is 108 cm³/mol. The Morgan fingerprint density at radius 2 is 2.34 bits per heavy atom. The Hall–Kier alpha value is -2.43. The van der Waals surface area contributed by atoms with Crippen LogP contribution in [0.25, 0.3) is 5.57 Å². The van der Waals surface area contributed by atoms with E-state index in [1.54, 1.807) is 10.6 Å². The van der Waals surface area contributed by atoms with E-state index in [9.17, 15) is 14.0 Å². The summed E-state index contributed by atoms with van der Waals surface area (Å²) in [5.41, 5.74) is 5.68. The number of hydrazine groups is 2. The first-order valence-corrected chi connectivity index (χ1v) is 10.4. The molecule has 2 N–H and O–H groups in total. The van der Waals surface area contributed by atoms with E-state index in [4.69, 9.17) is 4.84 Å². The van der Waals surface area contributed by atoms with Gasteiger partial charge in [-0.05, 0) is 30.0 Å². The van der Waals surface area contributed by atoms with Crippen LogP contribution in [0.5, 0.6) is 0 Å². The zero-order chi connectivity index (χ0) is 20.4. The van der Waals surface area contributed by atoms with Gasteiger partial charge in [0.2, 0.25) is 11.8 Å². The molecule has 3 aliphatic heterocycles. The first-order chi connectivity index (χ1) is 14.0. The molecule has 0 aliphatic carbocycles. The molecule has 4 rings (SSSR count). The van der Waals surface area contributed by atoms with Crippen LogP contribution in [0.3, 0.4) is 0 Å². The number of carbonyl (C=O) groups excluding carboxylic acids is 2. The molecule has 1 atom stereocenters. The maximum Gasteiger partial charge on any atom is 0.247 e. The SMILES string of the molecule is CC(=O)NCC1CC(c2ccc(C3=CCN(N4NC(=O)CS4)CC3)c(F)c2)=NO1. The molecule has 0 bridgehead atoms. The van der Waals surface area contributed by atoms with Gasteiger partial charge in [0.05, 0.1) is 18.0 Å². The van der Waals surface area contributed by atoms with Crippen LogP contribution in [0.1, 0.15) is 30.9 Å². The van der Waals surface area contributed by atoms with E-state index in [-0.39, 0.29) is 23.7 Å². The Labute approximate surface area is 172 Å². The number of nitrogens with one attached hydrogen (secondary N) is 2. The van der Waals surface area contributed by atoms with Crippen LogP contribution in [-0.4, -0.2) is 58.5 Å². The first-order valence-electron chi connectivity index (χ1n) is 9.43. The lowest BCUT2D eigenvalue weighted by Crippen LogP contribution is -2.46. The van der Waals surface area contributed by atoms with Gasteiger partial charge in [0.15, 0.2) is 0 Å². The fourth-order valence-corrected chi connectivity index (χ4v) is 4.21. The van der Waals surface area contributed by atoms with Gasteiger partial charge < -0.3 is 10.2 Å². The number of halogens is 1. The summed E-state index contributed by atoms with van der Waals surface area (Å²) in [5, 5.41) is 8.76. The zero-order valence-electron chi connectivity index (χ0n) is 16.0. The van der Waals surface area contributed by atoms with E-state index in [1.807, 2.05) is 17.2 Å². The van der Waals surface area contributed by atoms with E-state index in [2.05, 4.69) is 15.9 Å². The highest BCUT2D eigenvalue weighted by atomic mass is 32.2. The number of rotatable bonds is 5. The lowest BCUT2D eigenvalue weighted by Gasteiger charge is -2.32. The van der Waals surface area contributed by atoms with Gasteiger partial charge in [-0.2, -0.15) is 0 Å². The summed E-state index contributed by atoms with van der Waals surface area (Å²) < 4.78 is 16.6. The molecule has 0 aromatic heterocycles. The predicted octanol–water partition coefficient (Wildman–Crippen LogP) is 1.45. The minimum absolute atomic E-state index is 0.00969. The molecule has 1 saturated heterocycles. The number of hydrogen-bond acceptors (Lipinski definition) is 7.